The van der Waals surface area contributed by atoms with E-state index < -0.39 is 5.97 Å². The highest BCUT2D eigenvalue weighted by atomic mass is 16.4. The fourth-order valence-corrected chi connectivity index (χ4v) is 2.18. The summed E-state index contributed by atoms with van der Waals surface area (Å²) >= 11 is 0. The first kappa shape index (κ1) is 10.0. The molecule has 0 aromatic heterocycles. The third-order valence-corrected chi connectivity index (χ3v) is 3.20. The summed E-state index contributed by atoms with van der Waals surface area (Å²) in [5.41, 5.74) is 1.03. The molecule has 80 valence electrons. The smallest absolute Gasteiger partial charge is 0.303 e. The molecule has 1 aliphatic carbocycles. The summed E-state index contributed by atoms with van der Waals surface area (Å²) in [5.74, 6) is -0.160. The third kappa shape index (κ3) is 1.96. The van der Waals surface area contributed by atoms with Gasteiger partial charge in [-0.2, -0.15) is 0 Å². The molecule has 15 heavy (non-hydrogen) atoms. The van der Waals surface area contributed by atoms with Crippen LogP contribution in [0.15, 0.2) is 24.3 Å². The van der Waals surface area contributed by atoms with Crippen LogP contribution in [0.25, 0.3) is 0 Å². The number of aliphatic carboxylic acids is 1. The quantitative estimate of drug-likeness (QED) is 0.798. The minimum atomic E-state index is -0.737. The Morgan fingerprint density at radius 3 is 2.60 bits per heavy atom. The summed E-state index contributed by atoms with van der Waals surface area (Å²) in [7, 11) is 0. The monoisotopic (exact) mass is 206 g/mol. The normalized spacial score (nSPS) is 28.7. The van der Waals surface area contributed by atoms with Crippen LogP contribution in [-0.2, 0) is 4.79 Å². The Labute approximate surface area is 88.4 Å². The Hall–Kier alpha value is -1.51. The average Bonchev–Trinajstić information content (AvgIpc) is 2.77. The van der Waals surface area contributed by atoms with Crippen molar-refractivity contribution in [1.82, 2.24) is 0 Å². The molecule has 2 unspecified atom stereocenters. The van der Waals surface area contributed by atoms with Crippen molar-refractivity contribution in [3.05, 3.63) is 29.8 Å². The number of rotatable bonds is 3. The van der Waals surface area contributed by atoms with E-state index >= 15 is 0 Å². The standard InChI is InChI=1S/C12H14O3/c1-12(7-11(14)15)6-10(12)8-2-4-9(13)5-3-8/h2-5,10,13H,6-7H2,1H3,(H,14,15). The first-order valence-electron chi connectivity index (χ1n) is 5.02. The van der Waals surface area contributed by atoms with Crippen LogP contribution in [-0.4, -0.2) is 16.2 Å². The van der Waals surface area contributed by atoms with Gasteiger partial charge in [-0.25, -0.2) is 0 Å². The Bertz CT molecular complexity index is 382. The molecule has 2 rings (SSSR count). The molecule has 0 saturated heterocycles. The van der Waals surface area contributed by atoms with Crippen LogP contribution in [0.4, 0.5) is 0 Å². The lowest BCUT2D eigenvalue weighted by atomic mass is 9.98. The summed E-state index contributed by atoms with van der Waals surface area (Å²) in [6.45, 7) is 2.00. The summed E-state index contributed by atoms with van der Waals surface area (Å²) in [6.07, 6.45) is 1.14. The fourth-order valence-electron chi connectivity index (χ4n) is 2.18. The SMILES string of the molecule is CC1(CC(=O)O)CC1c1ccc(O)cc1. The summed E-state index contributed by atoms with van der Waals surface area (Å²) in [6, 6.07) is 7.03. The zero-order chi connectivity index (χ0) is 11.1. The molecule has 3 nitrogen and oxygen atoms in total. The number of carboxylic acids is 1. The molecule has 0 amide bonds. The maximum Gasteiger partial charge on any atom is 0.303 e. The lowest BCUT2D eigenvalue weighted by Gasteiger charge is -2.07. The van der Waals surface area contributed by atoms with E-state index in [2.05, 4.69) is 0 Å². The van der Waals surface area contributed by atoms with Gasteiger partial charge in [0.25, 0.3) is 0 Å². The van der Waals surface area contributed by atoms with Gasteiger partial charge in [-0.05, 0) is 35.4 Å². The highest BCUT2D eigenvalue weighted by molar-refractivity contribution is 5.68. The Morgan fingerprint density at radius 2 is 2.07 bits per heavy atom. The van der Waals surface area contributed by atoms with Gasteiger partial charge in [0.15, 0.2) is 0 Å². The van der Waals surface area contributed by atoms with Crippen molar-refractivity contribution in [3.8, 4) is 5.75 Å². The first-order valence-corrected chi connectivity index (χ1v) is 5.02. The van der Waals surface area contributed by atoms with Gasteiger partial charge in [-0.15, -0.1) is 0 Å². The molecule has 1 saturated carbocycles. The molecular formula is C12H14O3. The van der Waals surface area contributed by atoms with Gasteiger partial charge >= 0.3 is 5.97 Å². The number of hydrogen-bond acceptors (Lipinski definition) is 2. The number of carboxylic acid groups (broad SMARTS) is 1. The molecule has 1 aliphatic rings. The minimum absolute atomic E-state index is 0.0944. The van der Waals surface area contributed by atoms with Crippen LogP contribution in [0.5, 0.6) is 5.75 Å². The van der Waals surface area contributed by atoms with Crippen molar-refractivity contribution in [2.45, 2.75) is 25.7 Å². The summed E-state index contributed by atoms with van der Waals surface area (Å²) in [4.78, 5) is 10.6. The van der Waals surface area contributed by atoms with Gasteiger partial charge < -0.3 is 10.2 Å². The van der Waals surface area contributed by atoms with Crippen molar-refractivity contribution in [1.29, 1.82) is 0 Å². The van der Waals surface area contributed by atoms with Gasteiger partial charge in [0.2, 0.25) is 0 Å². The summed E-state index contributed by atoms with van der Waals surface area (Å²) < 4.78 is 0. The molecule has 0 spiro atoms. The predicted molar refractivity (Wildman–Crippen MR) is 55.8 cm³/mol. The zero-order valence-electron chi connectivity index (χ0n) is 8.60. The van der Waals surface area contributed by atoms with Crippen molar-refractivity contribution < 1.29 is 15.0 Å². The maximum atomic E-state index is 10.6. The van der Waals surface area contributed by atoms with Gasteiger partial charge in [0, 0.05) is 0 Å². The van der Waals surface area contributed by atoms with Crippen LogP contribution in [0.2, 0.25) is 0 Å². The molecule has 0 radical (unpaired) electrons. The fraction of sp³-hybridized carbons (Fsp3) is 0.417. The zero-order valence-corrected chi connectivity index (χ0v) is 8.60. The van der Waals surface area contributed by atoms with Gasteiger partial charge in [0.1, 0.15) is 5.75 Å². The van der Waals surface area contributed by atoms with E-state index in [1.165, 1.54) is 0 Å². The van der Waals surface area contributed by atoms with Crippen molar-refractivity contribution >= 4 is 5.97 Å². The minimum Gasteiger partial charge on any atom is -0.508 e. The third-order valence-electron chi connectivity index (χ3n) is 3.20. The molecule has 3 heteroatoms. The van der Waals surface area contributed by atoms with Crippen LogP contribution in [0.3, 0.4) is 0 Å². The molecule has 0 bridgehead atoms. The molecule has 0 heterocycles. The molecule has 2 atom stereocenters. The number of benzene rings is 1. The van der Waals surface area contributed by atoms with Crippen molar-refractivity contribution in [3.63, 3.8) is 0 Å². The molecule has 1 fully saturated rings. The Kier molecular flexibility index (Phi) is 2.18. The lowest BCUT2D eigenvalue weighted by molar-refractivity contribution is -0.138. The van der Waals surface area contributed by atoms with Crippen LogP contribution in [0, 0.1) is 5.41 Å². The highest BCUT2D eigenvalue weighted by Gasteiger charge is 2.51. The van der Waals surface area contributed by atoms with Crippen LogP contribution < -0.4 is 0 Å². The second-order valence-electron chi connectivity index (χ2n) is 4.57. The number of hydrogen-bond donors (Lipinski definition) is 2. The largest absolute Gasteiger partial charge is 0.508 e. The molecule has 1 aromatic rings. The predicted octanol–water partition coefficient (Wildman–Crippen LogP) is 2.36. The Balaban J connectivity index is 2.10. The van der Waals surface area contributed by atoms with E-state index in [1.54, 1.807) is 12.1 Å². The van der Waals surface area contributed by atoms with E-state index in [1.807, 2.05) is 19.1 Å². The van der Waals surface area contributed by atoms with Gasteiger partial charge in [-0.3, -0.25) is 4.79 Å². The maximum absolute atomic E-state index is 10.6. The van der Waals surface area contributed by atoms with Gasteiger partial charge in [-0.1, -0.05) is 19.1 Å². The number of aromatic hydroxyl groups is 1. The molecule has 2 N–H and O–H groups in total. The topological polar surface area (TPSA) is 57.5 Å². The second kappa shape index (κ2) is 3.26. The van der Waals surface area contributed by atoms with E-state index in [0.717, 1.165) is 12.0 Å². The van der Waals surface area contributed by atoms with E-state index in [-0.39, 0.29) is 17.6 Å². The van der Waals surface area contributed by atoms with Crippen LogP contribution >= 0.6 is 0 Å². The van der Waals surface area contributed by atoms with E-state index in [0.29, 0.717) is 5.92 Å². The number of phenols is 1. The van der Waals surface area contributed by atoms with Gasteiger partial charge in [0.05, 0.1) is 6.42 Å². The number of phenolic OH excluding ortho intramolecular Hbond substituents is 1. The molecule has 1 aromatic carbocycles. The lowest BCUT2D eigenvalue weighted by Crippen LogP contribution is -2.06. The average molecular weight is 206 g/mol. The van der Waals surface area contributed by atoms with Crippen LogP contribution in [0.1, 0.15) is 31.2 Å². The molecule has 0 aliphatic heterocycles. The molecular weight excluding hydrogens is 192 g/mol. The Morgan fingerprint density at radius 1 is 1.47 bits per heavy atom. The highest BCUT2D eigenvalue weighted by Crippen LogP contribution is 2.61. The van der Waals surface area contributed by atoms with E-state index in [4.69, 9.17) is 10.2 Å². The summed E-state index contributed by atoms with van der Waals surface area (Å²) in [5, 5.41) is 17.9. The van der Waals surface area contributed by atoms with Crippen molar-refractivity contribution in [2.24, 2.45) is 5.41 Å². The van der Waals surface area contributed by atoms with E-state index in [9.17, 15) is 4.79 Å². The second-order valence-corrected chi connectivity index (χ2v) is 4.57. The first-order chi connectivity index (χ1) is 7.01. The number of carbonyl (C=O) groups is 1. The van der Waals surface area contributed by atoms with Crippen molar-refractivity contribution in [2.75, 3.05) is 0 Å².